The molecule has 4 nitrogen and oxygen atoms in total. The summed E-state index contributed by atoms with van der Waals surface area (Å²) in [7, 11) is -2.90. The third-order valence-electron chi connectivity index (χ3n) is 6.46. The van der Waals surface area contributed by atoms with Crippen LogP contribution in [0.1, 0.15) is 10.4 Å². The molecule has 0 amide bonds. The van der Waals surface area contributed by atoms with Gasteiger partial charge in [0.15, 0.2) is 0 Å². The van der Waals surface area contributed by atoms with Crippen molar-refractivity contribution in [2.45, 2.75) is 5.78 Å². The largest absolute Gasteiger partial charge is 0.285 e. The van der Waals surface area contributed by atoms with Gasteiger partial charge in [0.05, 0.1) is 5.69 Å². The minimum atomic E-state index is -2.90. The van der Waals surface area contributed by atoms with E-state index in [4.69, 9.17) is 16.7 Å². The number of carbonyl (C=O) groups excluding carboxylic acids is 2. The summed E-state index contributed by atoms with van der Waals surface area (Å²) < 4.78 is 0. The van der Waals surface area contributed by atoms with Crippen molar-refractivity contribution in [2.75, 3.05) is 0 Å². The van der Waals surface area contributed by atoms with Crippen LogP contribution in [0.15, 0.2) is 156 Å². The summed E-state index contributed by atoms with van der Waals surface area (Å²) in [4.78, 5) is 28.1. The zero-order valence-corrected chi connectivity index (χ0v) is 22.6. The van der Waals surface area contributed by atoms with Gasteiger partial charge < -0.3 is 0 Å². The second-order valence-electron chi connectivity index (χ2n) is 8.85. The van der Waals surface area contributed by atoms with Gasteiger partial charge in [-0.3, -0.25) is 9.59 Å². The Morgan fingerprint density at radius 2 is 0.974 bits per heavy atom. The van der Waals surface area contributed by atoms with Gasteiger partial charge >= 0.3 is 0 Å². The molecule has 0 radical (unpaired) electrons. The third kappa shape index (κ3) is 5.49. The molecule has 39 heavy (non-hydrogen) atoms. The molecule has 0 aliphatic rings. The first-order valence-electron chi connectivity index (χ1n) is 12.5. The van der Waals surface area contributed by atoms with Crippen LogP contribution in [0.2, 0.25) is 5.02 Å². The summed E-state index contributed by atoms with van der Waals surface area (Å²) in [5.41, 5.74) is 0.859. The van der Waals surface area contributed by atoms with E-state index in [2.05, 4.69) is 5.11 Å². The molecule has 0 spiro atoms. The molecule has 0 fully saturated rings. The fraction of sp³-hybridized carbons (Fsp3) is 0.0303. The molecule has 0 aromatic heterocycles. The first-order valence-corrected chi connectivity index (χ1v) is 14.7. The molecule has 0 N–H and O–H groups in total. The third-order valence-corrected chi connectivity index (χ3v) is 11.1. The van der Waals surface area contributed by atoms with Crippen molar-refractivity contribution in [3.05, 3.63) is 156 Å². The average Bonchev–Trinajstić information content (AvgIpc) is 3.01. The van der Waals surface area contributed by atoms with E-state index in [0.717, 1.165) is 15.9 Å². The van der Waals surface area contributed by atoms with Gasteiger partial charge in [0, 0.05) is 10.6 Å². The minimum Gasteiger partial charge on any atom is -0.285 e. The van der Waals surface area contributed by atoms with Crippen molar-refractivity contribution in [1.29, 1.82) is 0 Å². The van der Waals surface area contributed by atoms with E-state index in [1.165, 1.54) is 0 Å². The highest BCUT2D eigenvalue weighted by molar-refractivity contribution is 7.97. The van der Waals surface area contributed by atoms with E-state index in [9.17, 15) is 9.59 Å². The zero-order chi connectivity index (χ0) is 27.1. The van der Waals surface area contributed by atoms with E-state index in [1.807, 2.05) is 97.1 Å². The van der Waals surface area contributed by atoms with E-state index < -0.39 is 24.6 Å². The van der Waals surface area contributed by atoms with Crippen LogP contribution >= 0.6 is 18.9 Å². The van der Waals surface area contributed by atoms with E-state index in [1.54, 1.807) is 48.5 Å². The van der Waals surface area contributed by atoms with Gasteiger partial charge in [0.2, 0.25) is 5.78 Å². The van der Waals surface area contributed by atoms with E-state index >= 15 is 0 Å². The molecule has 0 bridgehead atoms. The van der Waals surface area contributed by atoms with Crippen LogP contribution in [0.5, 0.6) is 0 Å². The maximum Gasteiger partial charge on any atom is 0.268 e. The summed E-state index contributed by atoms with van der Waals surface area (Å²) in [6.07, 6.45) is 0. The van der Waals surface area contributed by atoms with Crippen molar-refractivity contribution < 1.29 is 9.59 Å². The summed E-state index contributed by atoms with van der Waals surface area (Å²) in [6, 6.07) is 45.1. The summed E-state index contributed by atoms with van der Waals surface area (Å²) in [5.74, 6) is -2.31. The normalized spacial score (nSPS) is 12.2. The molecule has 0 unspecified atom stereocenters. The quantitative estimate of drug-likeness (QED) is 0.0848. The topological polar surface area (TPSA) is 58.9 Å². The highest BCUT2D eigenvalue weighted by atomic mass is 35.5. The lowest BCUT2D eigenvalue weighted by molar-refractivity contribution is -0.114. The second kappa shape index (κ2) is 12.1. The van der Waals surface area contributed by atoms with E-state index in [0.29, 0.717) is 16.3 Å². The van der Waals surface area contributed by atoms with Crippen molar-refractivity contribution in [3.63, 3.8) is 0 Å². The van der Waals surface area contributed by atoms with Gasteiger partial charge in [-0.1, -0.05) is 96.5 Å². The molecule has 0 aliphatic heterocycles. The number of azo groups is 1. The number of nitrogens with zero attached hydrogens (tertiary/aromatic N) is 2. The van der Waals surface area contributed by atoms with Gasteiger partial charge in [-0.2, -0.15) is 5.11 Å². The Morgan fingerprint density at radius 1 is 0.564 bits per heavy atom. The van der Waals surface area contributed by atoms with Gasteiger partial charge in [0.25, 0.3) is 11.6 Å². The summed E-state index contributed by atoms with van der Waals surface area (Å²) in [6.45, 7) is 0. The molecule has 190 valence electrons. The number of hydrogen-bond acceptors (Lipinski definition) is 4. The first-order chi connectivity index (χ1) is 19.1. The smallest absolute Gasteiger partial charge is 0.268 e. The Morgan fingerprint density at radius 3 is 1.41 bits per heavy atom. The van der Waals surface area contributed by atoms with E-state index in [-0.39, 0.29) is 0 Å². The van der Waals surface area contributed by atoms with Crippen LogP contribution in [-0.2, 0) is 4.79 Å². The number of halogens is 1. The first kappa shape index (κ1) is 26.4. The molecule has 0 heterocycles. The average molecular weight is 548 g/mol. The van der Waals surface area contributed by atoms with Crippen molar-refractivity contribution in [2.24, 2.45) is 10.2 Å². The molecule has 0 saturated heterocycles. The predicted octanol–water partition coefficient (Wildman–Crippen LogP) is 7.20. The zero-order valence-electron chi connectivity index (χ0n) is 21.0. The number of rotatable bonds is 9. The van der Waals surface area contributed by atoms with Crippen LogP contribution < -0.4 is 15.9 Å². The maximum absolute atomic E-state index is 14.4. The predicted molar refractivity (Wildman–Crippen MR) is 161 cm³/mol. The number of hydrogen-bond donors (Lipinski definition) is 0. The Hall–Kier alpha value is -4.24. The molecule has 1 atom stereocenters. The molecule has 6 heteroatoms. The molecule has 0 saturated carbocycles. The molecular formula is C33H25ClN2O2P+. The maximum atomic E-state index is 14.4. The molecule has 5 aromatic rings. The highest BCUT2D eigenvalue weighted by Gasteiger charge is 2.57. The van der Waals surface area contributed by atoms with Gasteiger partial charge in [-0.25, -0.2) is 0 Å². The molecule has 0 aliphatic carbocycles. The minimum absolute atomic E-state index is 0.321. The van der Waals surface area contributed by atoms with Crippen molar-refractivity contribution in [3.8, 4) is 0 Å². The SMILES string of the molecule is O=C(C(=O)[C@@H](N=Nc1ccc(Cl)cc1)[P+](c1ccccc1)(c1ccccc1)c1ccccc1)c1ccccc1. The molecular weight excluding hydrogens is 523 g/mol. The van der Waals surface area contributed by atoms with Crippen molar-refractivity contribution >= 4 is 52.0 Å². The molecule has 5 rings (SSSR count). The van der Waals surface area contributed by atoms with Gasteiger partial charge in [-0.15, -0.1) is 5.11 Å². The fourth-order valence-electron chi connectivity index (χ4n) is 4.64. The van der Waals surface area contributed by atoms with Crippen LogP contribution in [0.25, 0.3) is 0 Å². The van der Waals surface area contributed by atoms with Crippen LogP contribution in [-0.4, -0.2) is 17.3 Å². The lowest BCUT2D eigenvalue weighted by Crippen LogP contribution is -2.43. The lowest BCUT2D eigenvalue weighted by atomic mass is 10.1. The monoisotopic (exact) mass is 547 g/mol. The second-order valence-corrected chi connectivity index (χ2v) is 12.8. The Bertz CT molecular complexity index is 1480. The number of benzene rings is 5. The Kier molecular flexibility index (Phi) is 8.17. The Balaban J connectivity index is 1.81. The Labute approximate surface area is 233 Å². The standard InChI is InChI=1S/C33H25ClN2O2P/c34-26-21-23-27(24-22-26)35-36-33(32(38)31(37)25-13-5-1-6-14-25)39(28-15-7-2-8-16-28,29-17-9-3-10-18-29)30-19-11-4-12-20-30/h1-24,33H/q+1/t33-/m0/s1. The highest BCUT2D eigenvalue weighted by Crippen LogP contribution is 2.60. The van der Waals surface area contributed by atoms with Crippen LogP contribution in [0.4, 0.5) is 5.69 Å². The van der Waals surface area contributed by atoms with Crippen LogP contribution in [0, 0.1) is 0 Å². The summed E-state index contributed by atoms with van der Waals surface area (Å²) in [5, 5.41) is 12.6. The van der Waals surface area contributed by atoms with Crippen LogP contribution in [0.3, 0.4) is 0 Å². The molecule has 5 aromatic carbocycles. The van der Waals surface area contributed by atoms with Gasteiger partial charge in [0.1, 0.15) is 23.2 Å². The summed E-state index contributed by atoms with van der Waals surface area (Å²) >= 11 is 6.08. The lowest BCUT2D eigenvalue weighted by Gasteiger charge is -2.30. The van der Waals surface area contributed by atoms with Crippen molar-refractivity contribution in [1.82, 2.24) is 0 Å². The fourth-order valence-corrected chi connectivity index (χ4v) is 9.11. The number of carbonyl (C=O) groups is 2. The number of Topliss-reactive ketones (excluding diaryl/α,β-unsaturated/α-hetero) is 2. The number of ketones is 2. The van der Waals surface area contributed by atoms with Gasteiger partial charge in [-0.05, 0) is 60.7 Å².